The quantitative estimate of drug-likeness (QED) is 0.0280. The summed E-state index contributed by atoms with van der Waals surface area (Å²) in [5, 5.41) is 9.69. The van der Waals surface area contributed by atoms with Crippen LogP contribution in [0.3, 0.4) is 0 Å². The van der Waals surface area contributed by atoms with E-state index in [0.717, 1.165) is 64.2 Å². The lowest BCUT2D eigenvalue weighted by atomic mass is 10.0. The summed E-state index contributed by atoms with van der Waals surface area (Å²) in [6.07, 6.45) is 67.5. The summed E-state index contributed by atoms with van der Waals surface area (Å²) < 4.78 is 17.4. The van der Waals surface area contributed by atoms with Gasteiger partial charge >= 0.3 is 17.9 Å². The Morgan fingerprint density at radius 1 is 0.437 bits per heavy atom. The van der Waals surface area contributed by atoms with Crippen LogP contribution in [0.5, 0.6) is 0 Å². The predicted octanol–water partition coefficient (Wildman–Crippen LogP) is 18.3. The van der Waals surface area contributed by atoms with E-state index in [1.54, 1.807) is 0 Å². The first-order valence-corrected chi connectivity index (χ1v) is 30.2. The van der Waals surface area contributed by atoms with E-state index in [1.807, 2.05) is 21.1 Å². The van der Waals surface area contributed by atoms with Gasteiger partial charge in [0.15, 0.2) is 12.1 Å². The minimum Gasteiger partial charge on any atom is -0.477 e. The lowest BCUT2D eigenvalue weighted by Crippen LogP contribution is -2.50. The highest BCUT2D eigenvalue weighted by molar-refractivity contribution is 5.72. The summed E-state index contributed by atoms with van der Waals surface area (Å²) in [6.45, 7) is 4.67. The molecule has 414 valence electrons. The van der Waals surface area contributed by atoms with Gasteiger partial charge in [-0.05, 0) is 51.4 Å². The van der Waals surface area contributed by atoms with Crippen LogP contribution in [0.2, 0.25) is 0 Å². The second kappa shape index (κ2) is 53.6. The van der Waals surface area contributed by atoms with Crippen molar-refractivity contribution in [1.82, 2.24) is 0 Å². The molecule has 0 aliphatic heterocycles. The number of aliphatic carboxylic acids is 1. The van der Waals surface area contributed by atoms with E-state index in [1.165, 1.54) is 186 Å². The number of hydrogen-bond acceptors (Lipinski definition) is 6. The molecule has 0 heterocycles. The van der Waals surface area contributed by atoms with Crippen LogP contribution >= 0.6 is 0 Å². The van der Waals surface area contributed by atoms with Crippen molar-refractivity contribution in [2.24, 2.45) is 0 Å². The number of hydrogen-bond donors (Lipinski definition) is 1. The third-order valence-corrected chi connectivity index (χ3v) is 13.7. The summed E-state index contributed by atoms with van der Waals surface area (Å²) in [5.74, 6) is -1.45. The van der Waals surface area contributed by atoms with Gasteiger partial charge in [-0.15, -0.1) is 0 Å². The van der Waals surface area contributed by atoms with Crippen LogP contribution in [0, 0.1) is 0 Å². The summed E-state index contributed by atoms with van der Waals surface area (Å²) in [6, 6.07) is -0.616. The number of allylic oxidation sites excluding steroid dienone is 8. The van der Waals surface area contributed by atoms with Gasteiger partial charge in [-0.3, -0.25) is 9.59 Å². The number of nitrogens with zero attached hydrogens (tertiary/aromatic N) is 1. The van der Waals surface area contributed by atoms with Crippen LogP contribution in [-0.2, 0) is 28.6 Å². The molecule has 0 rings (SSSR count). The van der Waals surface area contributed by atoms with Gasteiger partial charge in [0.2, 0.25) is 0 Å². The van der Waals surface area contributed by atoms with E-state index in [-0.39, 0.29) is 36.2 Å². The van der Waals surface area contributed by atoms with Gasteiger partial charge < -0.3 is 23.8 Å². The Hall–Kier alpha value is -2.71. The Labute approximate surface area is 439 Å². The molecule has 0 bridgehead atoms. The summed E-state index contributed by atoms with van der Waals surface area (Å²) in [4.78, 5) is 37.3. The monoisotopic (exact) mass is 999 g/mol. The molecule has 0 saturated carbocycles. The van der Waals surface area contributed by atoms with Crippen molar-refractivity contribution >= 4 is 17.9 Å². The molecule has 2 unspecified atom stereocenters. The first kappa shape index (κ1) is 68.3. The molecule has 0 aliphatic rings. The van der Waals surface area contributed by atoms with Crippen molar-refractivity contribution in [3.05, 3.63) is 48.6 Å². The van der Waals surface area contributed by atoms with Gasteiger partial charge in [-0.25, -0.2) is 4.79 Å². The number of quaternary nitrogens is 1. The number of carboxylic acid groups (broad SMARTS) is 1. The molecule has 0 radical (unpaired) electrons. The number of ether oxygens (including phenoxy) is 3. The van der Waals surface area contributed by atoms with E-state index < -0.39 is 18.1 Å². The van der Waals surface area contributed by atoms with Crippen molar-refractivity contribution in [1.29, 1.82) is 0 Å². The maximum atomic E-state index is 12.9. The van der Waals surface area contributed by atoms with Crippen LogP contribution in [0.25, 0.3) is 0 Å². The van der Waals surface area contributed by atoms with Crippen LogP contribution < -0.4 is 0 Å². The zero-order valence-corrected chi connectivity index (χ0v) is 47.4. The van der Waals surface area contributed by atoms with Crippen LogP contribution in [0.1, 0.15) is 284 Å². The third-order valence-electron chi connectivity index (χ3n) is 13.7. The van der Waals surface area contributed by atoms with Gasteiger partial charge in [-0.2, -0.15) is 0 Å². The van der Waals surface area contributed by atoms with E-state index >= 15 is 0 Å². The molecule has 0 aliphatic carbocycles. The van der Waals surface area contributed by atoms with E-state index in [2.05, 4.69) is 62.5 Å². The van der Waals surface area contributed by atoms with Crippen molar-refractivity contribution < 1.29 is 38.2 Å². The molecular formula is C63H116NO7+. The molecule has 0 saturated heterocycles. The molecule has 8 nitrogen and oxygen atoms in total. The average Bonchev–Trinajstić information content (AvgIpc) is 3.34. The lowest BCUT2D eigenvalue weighted by molar-refractivity contribution is -0.887. The molecule has 71 heavy (non-hydrogen) atoms. The molecule has 0 aromatic carbocycles. The van der Waals surface area contributed by atoms with Crippen LogP contribution in [0.15, 0.2) is 48.6 Å². The standard InChI is InChI=1S/C63H115NO7/c1-6-8-10-12-14-16-18-20-22-24-26-28-30-32-33-35-37-39-41-43-45-47-49-51-53-61(65)70-58-59(57-69-56-55-60(63(67)68)64(3,4)5)71-62(66)54-52-50-48-46-44-42-40-38-36-34-31-29-27-25-23-21-19-17-15-13-11-9-7-2/h9,11,15,17,21,23,27,29,59-60H,6-8,10,12-14,16,18-20,22,24-26,28,30-58H2,1-5H3/p+1/b11-9-,17-15-,23-21-,29-27-. The maximum absolute atomic E-state index is 12.9. The summed E-state index contributed by atoms with van der Waals surface area (Å²) in [5.41, 5.74) is 0. The first-order chi connectivity index (χ1) is 34.6. The Morgan fingerprint density at radius 3 is 1.17 bits per heavy atom. The number of likely N-dealkylation sites (N-methyl/N-ethyl adjacent to an activating group) is 1. The molecule has 0 fully saturated rings. The lowest BCUT2D eigenvalue weighted by Gasteiger charge is -2.31. The predicted molar refractivity (Wildman–Crippen MR) is 303 cm³/mol. The summed E-state index contributed by atoms with van der Waals surface area (Å²) >= 11 is 0. The second-order valence-electron chi connectivity index (χ2n) is 21.6. The van der Waals surface area contributed by atoms with Gasteiger partial charge in [-0.1, -0.05) is 262 Å². The highest BCUT2D eigenvalue weighted by atomic mass is 16.6. The van der Waals surface area contributed by atoms with Crippen molar-refractivity contribution in [2.45, 2.75) is 296 Å². The highest BCUT2D eigenvalue weighted by Crippen LogP contribution is 2.18. The van der Waals surface area contributed by atoms with E-state index in [9.17, 15) is 19.5 Å². The van der Waals surface area contributed by atoms with Gasteiger partial charge in [0.1, 0.15) is 6.61 Å². The van der Waals surface area contributed by atoms with Crippen LogP contribution in [0.4, 0.5) is 0 Å². The second-order valence-corrected chi connectivity index (χ2v) is 21.6. The smallest absolute Gasteiger partial charge is 0.362 e. The topological polar surface area (TPSA) is 99.1 Å². The molecule has 8 heteroatoms. The zero-order valence-electron chi connectivity index (χ0n) is 47.4. The fourth-order valence-corrected chi connectivity index (χ4v) is 9.15. The Kier molecular flexibility index (Phi) is 51.5. The van der Waals surface area contributed by atoms with Crippen molar-refractivity contribution in [2.75, 3.05) is 41.0 Å². The molecule has 1 N–H and O–H groups in total. The molecular weight excluding hydrogens is 883 g/mol. The number of carbonyl (C=O) groups excluding carboxylic acids is 2. The zero-order chi connectivity index (χ0) is 52.0. The van der Waals surface area contributed by atoms with Gasteiger partial charge in [0.05, 0.1) is 34.4 Å². The van der Waals surface area contributed by atoms with Crippen LogP contribution in [-0.4, -0.2) is 80.6 Å². The normalized spacial score (nSPS) is 13.1. The third kappa shape index (κ3) is 52.0. The molecule has 0 amide bonds. The van der Waals surface area contributed by atoms with Gasteiger partial charge in [0.25, 0.3) is 0 Å². The fourth-order valence-electron chi connectivity index (χ4n) is 9.15. The number of rotatable bonds is 55. The molecule has 0 spiro atoms. The average molecular weight is 1000 g/mol. The van der Waals surface area contributed by atoms with Gasteiger partial charge in [0, 0.05) is 19.3 Å². The fraction of sp³-hybridized carbons (Fsp3) is 0.825. The Morgan fingerprint density at radius 2 is 0.789 bits per heavy atom. The minimum absolute atomic E-state index is 0.0495. The Balaban J connectivity index is 4.11. The molecule has 0 aromatic rings. The van der Waals surface area contributed by atoms with Crippen molar-refractivity contribution in [3.63, 3.8) is 0 Å². The first-order valence-electron chi connectivity index (χ1n) is 30.2. The SMILES string of the molecule is CC/C=C\C/C=C\C/C=C\C/C=C\CCCCCCCCCCCCC(=O)OC(COCCC(C(=O)O)[N+](C)(C)C)COC(=O)CCCCCCCCCCCCCCCCCCCCCCCCCC. The van der Waals surface area contributed by atoms with E-state index in [0.29, 0.717) is 19.3 Å². The largest absolute Gasteiger partial charge is 0.477 e. The highest BCUT2D eigenvalue weighted by Gasteiger charge is 2.31. The van der Waals surface area contributed by atoms with E-state index in [4.69, 9.17) is 14.2 Å². The van der Waals surface area contributed by atoms with Crippen molar-refractivity contribution in [3.8, 4) is 0 Å². The number of carbonyl (C=O) groups is 3. The number of unbranched alkanes of at least 4 members (excludes halogenated alkanes) is 33. The number of esters is 2. The summed E-state index contributed by atoms with van der Waals surface area (Å²) in [7, 11) is 5.55. The minimum atomic E-state index is -0.872. The number of carboxylic acids is 1. The molecule has 0 aromatic heterocycles. The maximum Gasteiger partial charge on any atom is 0.362 e. The Bertz CT molecular complexity index is 1300. The molecule has 2 atom stereocenters.